The van der Waals surface area contributed by atoms with Gasteiger partial charge in [0.05, 0.1) is 19.2 Å². The second-order valence-electron chi connectivity index (χ2n) is 12.3. The van der Waals surface area contributed by atoms with Crippen LogP contribution in [0.3, 0.4) is 0 Å². The summed E-state index contributed by atoms with van der Waals surface area (Å²) in [5.74, 6) is -1.07. The van der Waals surface area contributed by atoms with Crippen molar-refractivity contribution in [3.8, 4) is 0 Å². The van der Waals surface area contributed by atoms with Gasteiger partial charge >= 0.3 is 5.97 Å². The normalized spacial score (nSPS) is 19.2. The van der Waals surface area contributed by atoms with Crippen LogP contribution in [0.2, 0.25) is 0 Å². The van der Waals surface area contributed by atoms with Gasteiger partial charge in [0.25, 0.3) is 0 Å². The fourth-order valence-electron chi connectivity index (χ4n) is 5.17. The number of likely N-dealkylation sites (N-methyl/N-ethyl adjacent to an activating group) is 1. The largest absolute Gasteiger partial charge is 0.467 e. The number of rotatable bonds is 13. The number of methoxy groups -OCH3 is 1. The maximum Gasteiger partial charge on any atom is 0.328 e. The molecule has 9 heteroatoms. The van der Waals surface area contributed by atoms with E-state index in [2.05, 4.69) is 29.4 Å². The standard InChI is InChI=1S/C30H54N4O5/c1-18(2)16-23(30(38)39-11)31-27(35)22(9)17-25(19(3)4)33(10)29(37)26(20(5)6)32-28(36)24-14-12-13-15-34(24)21(7)8/h17-21,23-26H,12-16H2,1-11H3,(H,31,35)(H,32,36)/b22-17+/t23-,24+,25+,26-/m0/s1. The summed E-state index contributed by atoms with van der Waals surface area (Å²) in [5, 5.41) is 5.84. The molecule has 0 aromatic carbocycles. The second-order valence-corrected chi connectivity index (χ2v) is 12.3. The molecule has 0 bridgehead atoms. The Bertz CT molecular complexity index is 867. The minimum absolute atomic E-state index is 0.00654. The summed E-state index contributed by atoms with van der Waals surface area (Å²) < 4.78 is 4.86. The van der Waals surface area contributed by atoms with Crippen LogP contribution >= 0.6 is 0 Å². The van der Waals surface area contributed by atoms with E-state index in [9.17, 15) is 19.2 Å². The number of hydrogen-bond donors (Lipinski definition) is 2. The monoisotopic (exact) mass is 550 g/mol. The van der Waals surface area contributed by atoms with Gasteiger partial charge in [-0.1, -0.05) is 54.0 Å². The van der Waals surface area contributed by atoms with E-state index >= 15 is 0 Å². The summed E-state index contributed by atoms with van der Waals surface area (Å²) in [7, 11) is 3.02. The lowest BCUT2D eigenvalue weighted by Crippen LogP contribution is -2.58. The molecule has 9 nitrogen and oxygen atoms in total. The van der Waals surface area contributed by atoms with Gasteiger partial charge in [-0.05, 0) is 64.3 Å². The number of esters is 1. The number of carbonyl (C=O) groups is 4. The third kappa shape index (κ3) is 10.2. The molecule has 39 heavy (non-hydrogen) atoms. The Morgan fingerprint density at radius 1 is 0.974 bits per heavy atom. The maximum atomic E-state index is 13.7. The molecule has 1 heterocycles. The van der Waals surface area contributed by atoms with Gasteiger partial charge in [0.2, 0.25) is 17.7 Å². The van der Waals surface area contributed by atoms with Gasteiger partial charge in [0.15, 0.2) is 0 Å². The molecule has 3 amide bonds. The van der Waals surface area contributed by atoms with Crippen LogP contribution in [0.1, 0.15) is 88.0 Å². The van der Waals surface area contributed by atoms with Crippen LogP contribution in [-0.2, 0) is 23.9 Å². The Morgan fingerprint density at radius 2 is 1.59 bits per heavy atom. The molecule has 1 aliphatic rings. The quantitative estimate of drug-likeness (QED) is 0.268. The zero-order valence-corrected chi connectivity index (χ0v) is 26.2. The van der Waals surface area contributed by atoms with E-state index in [-0.39, 0.29) is 53.6 Å². The zero-order valence-electron chi connectivity index (χ0n) is 26.2. The van der Waals surface area contributed by atoms with Crippen LogP contribution in [0.4, 0.5) is 0 Å². The van der Waals surface area contributed by atoms with Gasteiger partial charge in [-0.15, -0.1) is 0 Å². The molecule has 0 saturated carbocycles. The SMILES string of the molecule is COC(=O)[C@H](CC(C)C)NC(=O)/C(C)=C/[C@H](C(C)C)N(C)C(=O)[C@@H](NC(=O)[C@H]1CCCCN1C(C)C)C(C)C. The molecule has 0 aromatic rings. The molecule has 0 aromatic heterocycles. The first kappa shape index (κ1) is 34.6. The molecule has 0 spiro atoms. The number of hydrogen-bond acceptors (Lipinski definition) is 6. The third-order valence-electron chi connectivity index (χ3n) is 7.50. The highest BCUT2D eigenvalue weighted by atomic mass is 16.5. The summed E-state index contributed by atoms with van der Waals surface area (Å²) in [6, 6.07) is -1.80. The summed E-state index contributed by atoms with van der Waals surface area (Å²) >= 11 is 0. The van der Waals surface area contributed by atoms with Crippen molar-refractivity contribution in [3.63, 3.8) is 0 Å². The highest BCUT2D eigenvalue weighted by Crippen LogP contribution is 2.21. The van der Waals surface area contributed by atoms with Crippen molar-refractivity contribution < 1.29 is 23.9 Å². The van der Waals surface area contributed by atoms with Gasteiger partial charge in [-0.25, -0.2) is 4.79 Å². The summed E-state index contributed by atoms with van der Waals surface area (Å²) in [4.78, 5) is 56.1. The Kier molecular flexibility index (Phi) is 14.2. The number of amides is 3. The molecule has 1 rings (SSSR count). The van der Waals surface area contributed by atoms with Gasteiger partial charge in [0.1, 0.15) is 12.1 Å². The fourth-order valence-corrected chi connectivity index (χ4v) is 5.17. The second kappa shape index (κ2) is 16.0. The number of carbonyl (C=O) groups excluding carboxylic acids is 4. The Morgan fingerprint density at radius 3 is 2.08 bits per heavy atom. The number of likely N-dealkylation sites (tertiary alicyclic amines) is 1. The van der Waals surface area contributed by atoms with Gasteiger partial charge in [-0.3, -0.25) is 19.3 Å². The van der Waals surface area contributed by atoms with E-state index in [1.54, 1.807) is 24.9 Å². The Hall–Kier alpha value is -2.42. The highest BCUT2D eigenvalue weighted by molar-refractivity contribution is 5.96. The first-order chi connectivity index (χ1) is 18.1. The van der Waals surface area contributed by atoms with E-state index in [0.29, 0.717) is 12.0 Å². The molecule has 0 unspecified atom stereocenters. The van der Waals surface area contributed by atoms with Crippen molar-refractivity contribution in [2.75, 3.05) is 20.7 Å². The van der Waals surface area contributed by atoms with Crippen molar-refractivity contribution >= 4 is 23.7 Å². The van der Waals surface area contributed by atoms with Crippen molar-refractivity contribution in [1.29, 1.82) is 0 Å². The van der Waals surface area contributed by atoms with E-state index in [4.69, 9.17) is 4.74 Å². The van der Waals surface area contributed by atoms with Gasteiger partial charge in [0, 0.05) is 18.7 Å². The zero-order chi connectivity index (χ0) is 30.0. The lowest BCUT2D eigenvalue weighted by atomic mass is 9.95. The van der Waals surface area contributed by atoms with E-state index in [0.717, 1.165) is 25.8 Å². The van der Waals surface area contributed by atoms with Crippen LogP contribution in [0, 0.1) is 17.8 Å². The molecule has 4 atom stereocenters. The van der Waals surface area contributed by atoms with E-state index in [1.807, 2.05) is 41.5 Å². The summed E-state index contributed by atoms with van der Waals surface area (Å²) in [5.41, 5.74) is 0.408. The van der Waals surface area contributed by atoms with Crippen molar-refractivity contribution in [2.24, 2.45) is 17.8 Å². The topological polar surface area (TPSA) is 108 Å². The lowest BCUT2D eigenvalue weighted by molar-refractivity contribution is -0.145. The van der Waals surface area contributed by atoms with Crippen LogP contribution in [0.25, 0.3) is 0 Å². The Labute approximate surface area is 236 Å². The number of piperidine rings is 1. The average Bonchev–Trinajstić information content (AvgIpc) is 2.87. The molecule has 0 aliphatic carbocycles. The number of ether oxygens (including phenoxy) is 1. The van der Waals surface area contributed by atoms with Crippen LogP contribution in [0.5, 0.6) is 0 Å². The minimum Gasteiger partial charge on any atom is -0.467 e. The smallest absolute Gasteiger partial charge is 0.328 e. The number of nitrogens with one attached hydrogen (secondary N) is 2. The van der Waals surface area contributed by atoms with Gasteiger partial charge < -0.3 is 20.3 Å². The van der Waals surface area contributed by atoms with Crippen molar-refractivity contribution in [3.05, 3.63) is 11.6 Å². The molecule has 1 fully saturated rings. The van der Waals surface area contributed by atoms with Crippen LogP contribution < -0.4 is 10.6 Å². The summed E-state index contributed by atoms with van der Waals surface area (Å²) in [6.07, 6.45) is 5.08. The lowest BCUT2D eigenvalue weighted by Gasteiger charge is -2.39. The predicted octanol–water partition coefficient (Wildman–Crippen LogP) is 3.52. The molecule has 224 valence electrons. The van der Waals surface area contributed by atoms with Crippen molar-refractivity contribution in [2.45, 2.75) is 118 Å². The summed E-state index contributed by atoms with van der Waals surface area (Å²) in [6.45, 7) is 18.5. The molecule has 1 aliphatic heterocycles. The van der Waals surface area contributed by atoms with Crippen LogP contribution in [-0.4, -0.2) is 84.4 Å². The maximum absolute atomic E-state index is 13.7. The van der Waals surface area contributed by atoms with E-state index < -0.39 is 18.1 Å². The Balaban J connectivity index is 3.11. The van der Waals surface area contributed by atoms with Crippen molar-refractivity contribution in [1.82, 2.24) is 20.4 Å². The molecular weight excluding hydrogens is 496 g/mol. The fraction of sp³-hybridized carbons (Fsp3) is 0.800. The minimum atomic E-state index is -0.742. The van der Waals surface area contributed by atoms with E-state index in [1.165, 1.54) is 7.11 Å². The molecule has 2 N–H and O–H groups in total. The number of nitrogens with zero attached hydrogens (tertiary/aromatic N) is 2. The average molecular weight is 551 g/mol. The van der Waals surface area contributed by atoms with Gasteiger partial charge in [-0.2, -0.15) is 0 Å². The molecule has 0 radical (unpaired) electrons. The molecule has 1 saturated heterocycles. The third-order valence-corrected chi connectivity index (χ3v) is 7.50. The van der Waals surface area contributed by atoms with Crippen LogP contribution in [0.15, 0.2) is 11.6 Å². The predicted molar refractivity (Wildman–Crippen MR) is 155 cm³/mol. The first-order valence-corrected chi connectivity index (χ1v) is 14.5. The highest BCUT2D eigenvalue weighted by Gasteiger charge is 2.36. The molecular formula is C30H54N4O5. The first-order valence-electron chi connectivity index (χ1n) is 14.5.